The highest BCUT2D eigenvalue weighted by molar-refractivity contribution is 5.80. The van der Waals surface area contributed by atoms with Crippen molar-refractivity contribution in [1.29, 1.82) is 0 Å². The van der Waals surface area contributed by atoms with Gasteiger partial charge in [0.25, 0.3) is 5.69 Å². The Hall–Kier alpha value is -4.67. The maximum Gasteiger partial charge on any atom is 0.273 e. The topological polar surface area (TPSA) is 158 Å². The number of imidazole rings is 1. The van der Waals surface area contributed by atoms with Crippen LogP contribution in [-0.4, -0.2) is 32.9 Å². The molecule has 0 aliphatic heterocycles. The lowest BCUT2D eigenvalue weighted by atomic mass is 10.2. The van der Waals surface area contributed by atoms with Gasteiger partial charge >= 0.3 is 0 Å². The molecule has 1 amide bonds. The number of rotatable bonds is 8. The zero-order valence-electron chi connectivity index (χ0n) is 16.9. The van der Waals surface area contributed by atoms with Crippen LogP contribution in [-0.2, 0) is 11.2 Å². The zero-order chi connectivity index (χ0) is 22.7. The van der Waals surface area contributed by atoms with E-state index in [1.54, 1.807) is 42.6 Å². The minimum absolute atomic E-state index is 0.0245. The van der Waals surface area contributed by atoms with E-state index in [0.717, 1.165) is 5.52 Å². The summed E-state index contributed by atoms with van der Waals surface area (Å²) in [5.74, 6) is 1.32. The van der Waals surface area contributed by atoms with E-state index >= 15 is 0 Å². The van der Waals surface area contributed by atoms with Gasteiger partial charge in [-0.05, 0) is 24.3 Å². The lowest BCUT2D eigenvalue weighted by Crippen LogP contribution is -2.14. The van der Waals surface area contributed by atoms with E-state index in [0.29, 0.717) is 40.1 Å². The monoisotopic (exact) mass is 434 g/mol. The number of nitro benzene ring substituents is 1. The van der Waals surface area contributed by atoms with Gasteiger partial charge in [0.05, 0.1) is 46.9 Å². The smallest absolute Gasteiger partial charge is 0.273 e. The number of nitrogens with one attached hydrogen (secondary N) is 2. The Morgan fingerprint density at radius 2 is 2.00 bits per heavy atom. The first-order chi connectivity index (χ1) is 15.4. The molecule has 32 heavy (non-hydrogen) atoms. The molecular formula is C21H18N6O5. The number of H-pyrrole nitrogens is 1. The van der Waals surface area contributed by atoms with Crippen molar-refractivity contribution in [3.05, 3.63) is 70.5 Å². The van der Waals surface area contributed by atoms with Crippen LogP contribution in [0.3, 0.4) is 0 Å². The number of nitrogens with two attached hydrogens (primary N) is 1. The van der Waals surface area contributed by atoms with E-state index in [9.17, 15) is 14.9 Å². The number of ether oxygens (including phenoxy) is 2. The molecule has 4 rings (SSSR count). The average molecular weight is 434 g/mol. The Balaban J connectivity index is 1.55. The van der Waals surface area contributed by atoms with Gasteiger partial charge in [-0.2, -0.15) is 0 Å². The molecule has 11 nitrogen and oxygen atoms in total. The van der Waals surface area contributed by atoms with Gasteiger partial charge in [0.15, 0.2) is 0 Å². The molecule has 0 bridgehead atoms. The molecule has 162 valence electrons. The molecule has 0 saturated heterocycles. The number of hydrogen-bond donors (Lipinski definition) is 3. The quantitative estimate of drug-likeness (QED) is 0.281. The number of aromatic amines is 1. The van der Waals surface area contributed by atoms with Crippen molar-refractivity contribution in [2.45, 2.75) is 6.42 Å². The fourth-order valence-electron chi connectivity index (χ4n) is 3.06. The Kier molecular flexibility index (Phi) is 5.53. The predicted molar refractivity (Wildman–Crippen MR) is 116 cm³/mol. The normalized spacial score (nSPS) is 10.7. The molecule has 2 heterocycles. The maximum absolute atomic E-state index is 11.1. The second-order valence-corrected chi connectivity index (χ2v) is 6.76. The number of primary amides is 1. The van der Waals surface area contributed by atoms with Crippen molar-refractivity contribution in [1.82, 2.24) is 15.0 Å². The number of carbonyl (C=O) groups excluding carboxylic acids is 1. The highest BCUT2D eigenvalue weighted by Gasteiger charge is 2.13. The molecule has 2 aromatic carbocycles. The number of methoxy groups -OCH3 is 1. The molecule has 0 radical (unpaired) electrons. The number of hydrogen-bond acceptors (Lipinski definition) is 8. The van der Waals surface area contributed by atoms with E-state index in [1.165, 1.54) is 19.2 Å². The van der Waals surface area contributed by atoms with E-state index in [4.69, 9.17) is 15.2 Å². The summed E-state index contributed by atoms with van der Waals surface area (Å²) in [7, 11) is 1.43. The number of benzene rings is 2. The number of nitro groups is 1. The lowest BCUT2D eigenvalue weighted by molar-refractivity contribution is -0.384. The first-order valence-electron chi connectivity index (χ1n) is 9.41. The standard InChI is InChI=1S/C21H18N6O5/c1-31-19-10-13(27(29)30)2-4-17(19)25-21-24-16-5-3-14(11-18(16)26-21)32-15-6-7-23-12(8-15)9-20(22)28/h2-8,10-11H,9H2,1H3,(H2,22,28)(H2,24,25,26). The molecule has 11 heteroatoms. The number of pyridine rings is 1. The average Bonchev–Trinajstić information content (AvgIpc) is 3.15. The van der Waals surface area contributed by atoms with Crippen LogP contribution in [0.5, 0.6) is 17.2 Å². The summed E-state index contributed by atoms with van der Waals surface area (Å²) in [6.45, 7) is 0. The highest BCUT2D eigenvalue weighted by atomic mass is 16.6. The number of amides is 1. The second-order valence-electron chi connectivity index (χ2n) is 6.76. The van der Waals surface area contributed by atoms with E-state index in [1.807, 2.05) is 0 Å². The van der Waals surface area contributed by atoms with Gasteiger partial charge in [-0.1, -0.05) is 0 Å². The summed E-state index contributed by atoms with van der Waals surface area (Å²) in [5.41, 5.74) is 7.56. The van der Waals surface area contributed by atoms with E-state index in [-0.39, 0.29) is 12.1 Å². The van der Waals surface area contributed by atoms with Gasteiger partial charge in [0.2, 0.25) is 11.9 Å². The molecule has 0 spiro atoms. The molecule has 0 atom stereocenters. The van der Waals surface area contributed by atoms with E-state index < -0.39 is 10.8 Å². The highest BCUT2D eigenvalue weighted by Crippen LogP contribution is 2.32. The third-order valence-electron chi connectivity index (χ3n) is 4.48. The van der Waals surface area contributed by atoms with E-state index in [2.05, 4.69) is 20.3 Å². The number of aromatic nitrogens is 3. The number of nitrogens with zero attached hydrogens (tertiary/aromatic N) is 3. The fourth-order valence-corrected chi connectivity index (χ4v) is 3.06. The molecular weight excluding hydrogens is 416 g/mol. The maximum atomic E-state index is 11.1. The summed E-state index contributed by atoms with van der Waals surface area (Å²) >= 11 is 0. The summed E-state index contributed by atoms with van der Waals surface area (Å²) in [6, 6.07) is 12.9. The Bertz CT molecular complexity index is 1320. The molecule has 4 N–H and O–H groups in total. The second kappa shape index (κ2) is 8.60. The Labute approximate surface area is 181 Å². The molecule has 0 saturated carbocycles. The van der Waals surface area contributed by atoms with Crippen LogP contribution in [0.2, 0.25) is 0 Å². The number of non-ortho nitro benzene ring substituents is 1. The largest absolute Gasteiger partial charge is 0.494 e. The first kappa shape index (κ1) is 20.6. The van der Waals surface area contributed by atoms with Crippen molar-refractivity contribution in [2.24, 2.45) is 5.73 Å². The zero-order valence-corrected chi connectivity index (χ0v) is 16.9. The van der Waals surface area contributed by atoms with Gasteiger partial charge in [0, 0.05) is 24.4 Å². The number of anilines is 2. The van der Waals surface area contributed by atoms with Crippen molar-refractivity contribution in [3.63, 3.8) is 0 Å². The molecule has 2 aromatic heterocycles. The molecule has 4 aromatic rings. The van der Waals surface area contributed by atoms with Crippen molar-refractivity contribution in [2.75, 3.05) is 12.4 Å². The minimum Gasteiger partial charge on any atom is -0.494 e. The van der Waals surface area contributed by atoms with Gasteiger partial charge in [-0.15, -0.1) is 0 Å². The van der Waals surface area contributed by atoms with Crippen molar-refractivity contribution < 1.29 is 19.2 Å². The van der Waals surface area contributed by atoms with Crippen LogP contribution in [0.1, 0.15) is 5.69 Å². The fraction of sp³-hybridized carbons (Fsp3) is 0.0952. The third-order valence-corrected chi connectivity index (χ3v) is 4.48. The SMILES string of the molecule is COc1cc([N+](=O)[O-])ccc1Nc1nc2cc(Oc3ccnc(CC(N)=O)c3)ccc2[nH]1. The van der Waals surface area contributed by atoms with Crippen molar-refractivity contribution in [3.8, 4) is 17.2 Å². The molecule has 0 aliphatic rings. The summed E-state index contributed by atoms with van der Waals surface area (Å²) in [6.07, 6.45) is 1.57. The summed E-state index contributed by atoms with van der Waals surface area (Å²) in [4.78, 5) is 33.3. The first-order valence-corrected chi connectivity index (χ1v) is 9.41. The van der Waals surface area contributed by atoms with Gasteiger partial charge in [-0.3, -0.25) is 19.9 Å². The van der Waals surface area contributed by atoms with Crippen LogP contribution >= 0.6 is 0 Å². The third kappa shape index (κ3) is 4.56. The van der Waals surface area contributed by atoms with Crippen molar-refractivity contribution >= 4 is 34.3 Å². The molecule has 0 aliphatic carbocycles. The van der Waals surface area contributed by atoms with Gasteiger partial charge in [0.1, 0.15) is 17.2 Å². The van der Waals surface area contributed by atoms with Crippen LogP contribution < -0.4 is 20.5 Å². The van der Waals surface area contributed by atoms with Gasteiger partial charge < -0.3 is 25.5 Å². The Morgan fingerprint density at radius 1 is 1.19 bits per heavy atom. The number of fused-ring (bicyclic) bond motifs is 1. The molecule has 0 fully saturated rings. The van der Waals surface area contributed by atoms with Gasteiger partial charge in [-0.25, -0.2) is 4.98 Å². The summed E-state index contributed by atoms with van der Waals surface area (Å²) in [5, 5.41) is 14.0. The minimum atomic E-state index is -0.491. The Morgan fingerprint density at radius 3 is 2.75 bits per heavy atom. The van der Waals surface area contributed by atoms with Crippen LogP contribution in [0, 0.1) is 10.1 Å². The van der Waals surface area contributed by atoms with Crippen LogP contribution in [0.25, 0.3) is 11.0 Å². The summed E-state index contributed by atoms with van der Waals surface area (Å²) < 4.78 is 11.1. The molecule has 0 unspecified atom stereocenters. The lowest BCUT2D eigenvalue weighted by Gasteiger charge is -2.08. The van der Waals surface area contributed by atoms with Crippen LogP contribution in [0.4, 0.5) is 17.3 Å². The number of carbonyl (C=O) groups is 1. The van der Waals surface area contributed by atoms with Crippen LogP contribution in [0.15, 0.2) is 54.7 Å². The predicted octanol–water partition coefficient (Wildman–Crippen LogP) is 3.44.